The Morgan fingerprint density at radius 3 is 2.61 bits per heavy atom. The zero-order valence-corrected chi connectivity index (χ0v) is 13.9. The standard InChI is InChI=1S/C16H18N4O2S/c1-19-13-12(14(21)20(2)16(19)22)17-15(18-13)23-10-6-9-11-7-4-3-5-8-11/h3-5,7-8H,6,9-10H2,1-2H3,(H,17,18). The number of H-pyrrole nitrogens is 1. The van der Waals surface area contributed by atoms with E-state index < -0.39 is 0 Å². The van der Waals surface area contributed by atoms with Crippen LogP contribution in [0.3, 0.4) is 0 Å². The molecule has 23 heavy (non-hydrogen) atoms. The van der Waals surface area contributed by atoms with Crippen molar-refractivity contribution in [2.24, 2.45) is 14.1 Å². The predicted octanol–water partition coefficient (Wildman–Crippen LogP) is 1.69. The molecule has 0 unspecified atom stereocenters. The lowest BCUT2D eigenvalue weighted by Crippen LogP contribution is -2.36. The number of aryl methyl sites for hydroxylation is 2. The van der Waals surface area contributed by atoms with E-state index >= 15 is 0 Å². The van der Waals surface area contributed by atoms with Crippen molar-refractivity contribution in [2.75, 3.05) is 5.75 Å². The smallest absolute Gasteiger partial charge is 0.327 e. The van der Waals surface area contributed by atoms with E-state index in [0.717, 1.165) is 23.2 Å². The highest BCUT2D eigenvalue weighted by atomic mass is 32.2. The molecule has 0 atom stereocenters. The number of imidazole rings is 1. The molecule has 2 heterocycles. The van der Waals surface area contributed by atoms with Crippen molar-refractivity contribution in [3.8, 4) is 0 Å². The third kappa shape index (κ3) is 3.10. The summed E-state index contributed by atoms with van der Waals surface area (Å²) >= 11 is 1.56. The first-order chi connectivity index (χ1) is 11.1. The molecule has 0 aliphatic carbocycles. The van der Waals surface area contributed by atoms with Gasteiger partial charge in [0.1, 0.15) is 0 Å². The first-order valence-electron chi connectivity index (χ1n) is 7.40. The molecule has 0 amide bonds. The summed E-state index contributed by atoms with van der Waals surface area (Å²) in [6, 6.07) is 10.3. The first-order valence-corrected chi connectivity index (χ1v) is 8.39. The van der Waals surface area contributed by atoms with Crippen LogP contribution >= 0.6 is 11.8 Å². The van der Waals surface area contributed by atoms with Crippen LogP contribution in [-0.4, -0.2) is 24.9 Å². The number of benzene rings is 1. The summed E-state index contributed by atoms with van der Waals surface area (Å²) in [5, 5.41) is 0.673. The van der Waals surface area contributed by atoms with E-state index in [0.29, 0.717) is 16.3 Å². The minimum Gasteiger partial charge on any atom is -0.327 e. The summed E-state index contributed by atoms with van der Waals surface area (Å²) in [6.07, 6.45) is 2.02. The largest absolute Gasteiger partial charge is 0.332 e. The summed E-state index contributed by atoms with van der Waals surface area (Å²) in [6.45, 7) is 0. The zero-order valence-electron chi connectivity index (χ0n) is 13.1. The van der Waals surface area contributed by atoms with Crippen molar-refractivity contribution >= 4 is 22.9 Å². The molecular formula is C16H18N4O2S. The van der Waals surface area contributed by atoms with Gasteiger partial charge in [-0.05, 0) is 18.4 Å². The lowest BCUT2D eigenvalue weighted by Gasteiger charge is -2.00. The maximum Gasteiger partial charge on any atom is 0.332 e. The van der Waals surface area contributed by atoms with Crippen molar-refractivity contribution in [1.82, 2.24) is 19.1 Å². The van der Waals surface area contributed by atoms with Gasteiger partial charge in [0.2, 0.25) is 0 Å². The number of hydrogen-bond acceptors (Lipinski definition) is 4. The van der Waals surface area contributed by atoms with Crippen LogP contribution in [0.2, 0.25) is 0 Å². The Bertz CT molecular complexity index is 940. The fourth-order valence-corrected chi connectivity index (χ4v) is 3.27. The molecule has 0 aliphatic rings. The van der Waals surface area contributed by atoms with Crippen LogP contribution in [0.25, 0.3) is 11.2 Å². The van der Waals surface area contributed by atoms with Crippen molar-refractivity contribution < 1.29 is 0 Å². The van der Waals surface area contributed by atoms with Crippen LogP contribution in [0.15, 0.2) is 45.1 Å². The second-order valence-corrected chi connectivity index (χ2v) is 6.47. The molecule has 0 bridgehead atoms. The second-order valence-electron chi connectivity index (χ2n) is 5.38. The molecule has 0 radical (unpaired) electrons. The summed E-state index contributed by atoms with van der Waals surface area (Å²) in [4.78, 5) is 31.4. The number of thioether (sulfide) groups is 1. The maximum absolute atomic E-state index is 12.1. The van der Waals surface area contributed by atoms with Crippen LogP contribution in [0, 0.1) is 0 Å². The Hall–Kier alpha value is -2.28. The third-order valence-corrected chi connectivity index (χ3v) is 4.72. The predicted molar refractivity (Wildman–Crippen MR) is 92.1 cm³/mol. The molecule has 0 aliphatic heterocycles. The van der Waals surface area contributed by atoms with Gasteiger partial charge in [0.05, 0.1) is 0 Å². The molecule has 0 saturated heterocycles. The van der Waals surface area contributed by atoms with Crippen LogP contribution < -0.4 is 11.2 Å². The minimum atomic E-state index is -0.366. The van der Waals surface area contributed by atoms with Crippen molar-refractivity contribution in [3.05, 3.63) is 56.7 Å². The normalized spacial score (nSPS) is 11.2. The average molecular weight is 330 g/mol. The maximum atomic E-state index is 12.1. The SMILES string of the molecule is Cn1c(=O)c2[nH]c(SCCCc3ccccc3)nc2n(C)c1=O. The molecule has 7 heteroatoms. The average Bonchev–Trinajstić information content (AvgIpc) is 3.00. The lowest BCUT2D eigenvalue weighted by atomic mass is 10.1. The van der Waals surface area contributed by atoms with Gasteiger partial charge in [0.15, 0.2) is 16.3 Å². The van der Waals surface area contributed by atoms with E-state index in [1.807, 2.05) is 18.2 Å². The number of nitrogens with one attached hydrogen (secondary N) is 1. The van der Waals surface area contributed by atoms with Crippen molar-refractivity contribution in [3.63, 3.8) is 0 Å². The van der Waals surface area contributed by atoms with Gasteiger partial charge in [-0.1, -0.05) is 42.1 Å². The molecule has 2 aromatic heterocycles. The lowest BCUT2D eigenvalue weighted by molar-refractivity contribution is 0.708. The van der Waals surface area contributed by atoms with Crippen LogP contribution in [0.1, 0.15) is 12.0 Å². The van der Waals surface area contributed by atoms with E-state index in [1.165, 1.54) is 17.2 Å². The van der Waals surface area contributed by atoms with Gasteiger partial charge in [0, 0.05) is 19.8 Å². The van der Waals surface area contributed by atoms with E-state index in [4.69, 9.17) is 0 Å². The summed E-state index contributed by atoms with van der Waals surface area (Å²) < 4.78 is 2.48. The van der Waals surface area contributed by atoms with Gasteiger partial charge in [-0.2, -0.15) is 0 Å². The molecule has 1 aromatic carbocycles. The Morgan fingerprint density at radius 1 is 1.13 bits per heavy atom. The van der Waals surface area contributed by atoms with Gasteiger partial charge >= 0.3 is 5.69 Å². The van der Waals surface area contributed by atoms with Gasteiger partial charge < -0.3 is 4.98 Å². The molecule has 1 N–H and O–H groups in total. The molecule has 6 nitrogen and oxygen atoms in total. The molecule has 0 spiro atoms. The monoisotopic (exact) mass is 330 g/mol. The van der Waals surface area contributed by atoms with Gasteiger partial charge in [0.25, 0.3) is 5.56 Å². The van der Waals surface area contributed by atoms with Crippen LogP contribution in [0.5, 0.6) is 0 Å². The minimum absolute atomic E-state index is 0.341. The van der Waals surface area contributed by atoms with E-state index in [2.05, 4.69) is 22.1 Å². The highest BCUT2D eigenvalue weighted by Gasteiger charge is 2.13. The Kier molecular flexibility index (Phi) is 4.38. The van der Waals surface area contributed by atoms with E-state index in [9.17, 15) is 9.59 Å². The first kappa shape index (κ1) is 15.6. The van der Waals surface area contributed by atoms with Gasteiger partial charge in [-0.3, -0.25) is 13.9 Å². The molecule has 3 rings (SSSR count). The molecule has 3 aromatic rings. The number of aromatic nitrogens is 4. The topological polar surface area (TPSA) is 72.7 Å². The number of hydrogen-bond donors (Lipinski definition) is 1. The highest BCUT2D eigenvalue weighted by molar-refractivity contribution is 7.99. The van der Waals surface area contributed by atoms with E-state index in [1.54, 1.807) is 18.8 Å². The summed E-state index contributed by atoms with van der Waals surface area (Å²) in [5.41, 5.74) is 1.39. The van der Waals surface area contributed by atoms with Gasteiger partial charge in [-0.25, -0.2) is 9.78 Å². The van der Waals surface area contributed by atoms with Crippen molar-refractivity contribution in [2.45, 2.75) is 18.0 Å². The number of nitrogens with zero attached hydrogens (tertiary/aromatic N) is 3. The number of fused-ring (bicyclic) bond motifs is 1. The second kappa shape index (κ2) is 6.45. The van der Waals surface area contributed by atoms with Crippen LogP contribution in [0.4, 0.5) is 0 Å². The fraction of sp³-hybridized carbons (Fsp3) is 0.312. The molecule has 0 fully saturated rings. The van der Waals surface area contributed by atoms with Gasteiger partial charge in [-0.15, -0.1) is 0 Å². The summed E-state index contributed by atoms with van der Waals surface area (Å²) in [5.74, 6) is 0.892. The molecular weight excluding hydrogens is 312 g/mol. The highest BCUT2D eigenvalue weighted by Crippen LogP contribution is 2.18. The third-order valence-electron chi connectivity index (χ3n) is 3.76. The van der Waals surface area contributed by atoms with Crippen molar-refractivity contribution in [1.29, 1.82) is 0 Å². The quantitative estimate of drug-likeness (QED) is 0.571. The molecule has 0 saturated carbocycles. The van der Waals surface area contributed by atoms with Crippen LogP contribution in [-0.2, 0) is 20.5 Å². The Labute approximate surface area is 137 Å². The molecule has 120 valence electrons. The zero-order chi connectivity index (χ0) is 16.4. The summed E-state index contributed by atoms with van der Waals surface area (Å²) in [7, 11) is 3.09. The fourth-order valence-electron chi connectivity index (χ4n) is 2.46. The Balaban J connectivity index is 1.72. The number of aromatic amines is 1. The Morgan fingerprint density at radius 2 is 1.87 bits per heavy atom. The number of rotatable bonds is 5. The van der Waals surface area contributed by atoms with E-state index in [-0.39, 0.29) is 11.2 Å².